The molecule has 0 saturated carbocycles. The Hall–Kier alpha value is -0.160. The Morgan fingerprint density at radius 1 is 1.10 bits per heavy atom. The third-order valence-electron chi connectivity index (χ3n) is 6.12. The minimum Gasteiger partial charge on any atom is -0.381 e. The average Bonchev–Trinajstić information content (AvgIpc) is 2.55. The van der Waals surface area contributed by atoms with Gasteiger partial charge in [0.2, 0.25) is 0 Å². The van der Waals surface area contributed by atoms with Crippen molar-refractivity contribution in [1.82, 2.24) is 10.2 Å². The minimum atomic E-state index is 0.135. The smallest absolute Gasteiger partial charge is 0.0741 e. The van der Waals surface area contributed by atoms with Crippen molar-refractivity contribution < 1.29 is 9.47 Å². The largest absolute Gasteiger partial charge is 0.381 e. The van der Waals surface area contributed by atoms with Crippen LogP contribution in [0.3, 0.4) is 0 Å². The van der Waals surface area contributed by atoms with Crippen molar-refractivity contribution in [2.45, 2.75) is 63.1 Å². The standard InChI is InChI=1S/C17H32N2O2/c1-14(18-2)15-3-8-19(9-4-15)16-5-10-21-17(13-16)6-11-20-12-7-17/h14-16,18H,3-13H2,1-2H3. The molecule has 0 aromatic rings. The van der Waals surface area contributed by atoms with E-state index >= 15 is 0 Å². The van der Waals surface area contributed by atoms with Crippen molar-refractivity contribution in [2.24, 2.45) is 5.92 Å². The zero-order valence-corrected chi connectivity index (χ0v) is 13.8. The van der Waals surface area contributed by atoms with E-state index < -0.39 is 0 Å². The maximum Gasteiger partial charge on any atom is 0.0741 e. The summed E-state index contributed by atoms with van der Waals surface area (Å²) < 4.78 is 11.7. The molecule has 3 rings (SSSR count). The van der Waals surface area contributed by atoms with Crippen LogP contribution in [0, 0.1) is 5.92 Å². The second-order valence-corrected chi connectivity index (χ2v) is 7.24. The van der Waals surface area contributed by atoms with Crippen LogP contribution in [0.1, 0.15) is 45.4 Å². The Kier molecular flexibility index (Phi) is 5.20. The number of nitrogens with one attached hydrogen (secondary N) is 1. The molecule has 0 radical (unpaired) electrons. The number of nitrogens with zero attached hydrogens (tertiary/aromatic N) is 1. The quantitative estimate of drug-likeness (QED) is 0.864. The summed E-state index contributed by atoms with van der Waals surface area (Å²) in [6.07, 6.45) is 7.32. The average molecular weight is 296 g/mol. The molecule has 21 heavy (non-hydrogen) atoms. The minimum absolute atomic E-state index is 0.135. The summed E-state index contributed by atoms with van der Waals surface area (Å²) >= 11 is 0. The van der Waals surface area contributed by atoms with Crippen LogP contribution < -0.4 is 5.32 Å². The second kappa shape index (κ2) is 6.95. The third-order valence-corrected chi connectivity index (χ3v) is 6.12. The molecule has 0 aliphatic carbocycles. The lowest BCUT2D eigenvalue weighted by atomic mass is 9.82. The summed E-state index contributed by atoms with van der Waals surface area (Å²) in [5.74, 6) is 0.850. The van der Waals surface area contributed by atoms with Gasteiger partial charge in [0.05, 0.1) is 5.60 Å². The van der Waals surface area contributed by atoms with Crippen molar-refractivity contribution in [2.75, 3.05) is 40.0 Å². The van der Waals surface area contributed by atoms with E-state index in [0.29, 0.717) is 6.04 Å². The first-order valence-electron chi connectivity index (χ1n) is 8.85. The van der Waals surface area contributed by atoms with Crippen LogP contribution >= 0.6 is 0 Å². The molecule has 0 aromatic carbocycles. The molecule has 0 amide bonds. The van der Waals surface area contributed by atoms with E-state index in [0.717, 1.165) is 44.6 Å². The number of hydrogen-bond donors (Lipinski definition) is 1. The first-order chi connectivity index (χ1) is 10.2. The van der Waals surface area contributed by atoms with Gasteiger partial charge in [-0.05, 0) is 71.5 Å². The SMILES string of the molecule is CNC(C)C1CCN(C2CCOC3(CCOCC3)C2)CC1. The molecule has 0 aromatic heterocycles. The predicted octanol–water partition coefficient (Wildman–Crippen LogP) is 2.03. The summed E-state index contributed by atoms with van der Waals surface area (Å²) in [5, 5.41) is 3.42. The molecule has 3 fully saturated rings. The molecule has 122 valence electrons. The van der Waals surface area contributed by atoms with E-state index in [-0.39, 0.29) is 5.60 Å². The zero-order chi connectivity index (χ0) is 14.7. The van der Waals surface area contributed by atoms with E-state index in [1.54, 1.807) is 0 Å². The van der Waals surface area contributed by atoms with Crippen LogP contribution in [-0.2, 0) is 9.47 Å². The lowest BCUT2D eigenvalue weighted by molar-refractivity contribution is -0.153. The summed E-state index contributed by atoms with van der Waals surface area (Å²) in [4.78, 5) is 2.75. The normalized spacial score (nSPS) is 33.1. The van der Waals surface area contributed by atoms with Crippen LogP contribution in [0.25, 0.3) is 0 Å². The molecule has 1 N–H and O–H groups in total. The molecule has 1 spiro atoms. The van der Waals surface area contributed by atoms with Gasteiger partial charge in [-0.2, -0.15) is 0 Å². The highest BCUT2D eigenvalue weighted by molar-refractivity contribution is 4.93. The van der Waals surface area contributed by atoms with Crippen molar-refractivity contribution in [3.63, 3.8) is 0 Å². The van der Waals surface area contributed by atoms with Gasteiger partial charge in [-0.15, -0.1) is 0 Å². The van der Waals surface area contributed by atoms with E-state index in [1.165, 1.54) is 38.8 Å². The van der Waals surface area contributed by atoms with Crippen LogP contribution in [0.5, 0.6) is 0 Å². The van der Waals surface area contributed by atoms with Gasteiger partial charge < -0.3 is 19.7 Å². The van der Waals surface area contributed by atoms with E-state index in [1.807, 2.05) is 0 Å². The Morgan fingerprint density at radius 3 is 2.48 bits per heavy atom. The Balaban J connectivity index is 1.53. The fraction of sp³-hybridized carbons (Fsp3) is 1.00. The van der Waals surface area contributed by atoms with Gasteiger partial charge in [-0.1, -0.05) is 0 Å². The van der Waals surface area contributed by atoms with Gasteiger partial charge in [0.1, 0.15) is 0 Å². The van der Waals surface area contributed by atoms with E-state index in [9.17, 15) is 0 Å². The third kappa shape index (κ3) is 3.61. The second-order valence-electron chi connectivity index (χ2n) is 7.24. The monoisotopic (exact) mass is 296 g/mol. The zero-order valence-electron chi connectivity index (χ0n) is 13.8. The number of hydrogen-bond acceptors (Lipinski definition) is 4. The number of likely N-dealkylation sites (tertiary alicyclic amines) is 1. The maximum absolute atomic E-state index is 6.19. The van der Waals surface area contributed by atoms with Crippen molar-refractivity contribution in [3.8, 4) is 0 Å². The molecule has 2 unspecified atom stereocenters. The fourth-order valence-electron chi connectivity index (χ4n) is 4.43. The Morgan fingerprint density at radius 2 is 1.81 bits per heavy atom. The topological polar surface area (TPSA) is 33.7 Å². The van der Waals surface area contributed by atoms with E-state index in [4.69, 9.17) is 9.47 Å². The number of rotatable bonds is 3. The lowest BCUT2D eigenvalue weighted by Gasteiger charge is -2.48. The van der Waals surface area contributed by atoms with Crippen LogP contribution in [0.15, 0.2) is 0 Å². The van der Waals surface area contributed by atoms with Gasteiger partial charge in [-0.25, -0.2) is 0 Å². The summed E-state index contributed by atoms with van der Waals surface area (Å²) in [6, 6.07) is 1.39. The number of piperidine rings is 1. The van der Waals surface area contributed by atoms with Gasteiger partial charge in [0, 0.05) is 31.9 Å². The van der Waals surface area contributed by atoms with Gasteiger partial charge in [0.25, 0.3) is 0 Å². The van der Waals surface area contributed by atoms with Crippen LogP contribution in [-0.4, -0.2) is 62.5 Å². The van der Waals surface area contributed by atoms with E-state index in [2.05, 4.69) is 24.2 Å². The molecule has 2 atom stereocenters. The molecule has 4 heteroatoms. The van der Waals surface area contributed by atoms with Gasteiger partial charge in [-0.3, -0.25) is 0 Å². The Labute approximate surface area is 129 Å². The molecule has 3 aliphatic rings. The molecular formula is C17H32N2O2. The molecule has 4 nitrogen and oxygen atoms in total. The summed E-state index contributed by atoms with van der Waals surface area (Å²) in [6.45, 7) is 7.58. The first kappa shape index (κ1) is 15.7. The van der Waals surface area contributed by atoms with Gasteiger partial charge >= 0.3 is 0 Å². The predicted molar refractivity (Wildman–Crippen MR) is 84.6 cm³/mol. The van der Waals surface area contributed by atoms with Gasteiger partial charge in [0.15, 0.2) is 0 Å². The highest BCUT2D eigenvalue weighted by Gasteiger charge is 2.41. The highest BCUT2D eigenvalue weighted by Crippen LogP contribution is 2.37. The van der Waals surface area contributed by atoms with Crippen LogP contribution in [0.4, 0.5) is 0 Å². The highest BCUT2D eigenvalue weighted by atomic mass is 16.5. The molecular weight excluding hydrogens is 264 g/mol. The molecule has 3 heterocycles. The fourth-order valence-corrected chi connectivity index (χ4v) is 4.43. The summed E-state index contributed by atoms with van der Waals surface area (Å²) in [5.41, 5.74) is 0.135. The molecule has 3 saturated heterocycles. The van der Waals surface area contributed by atoms with Crippen LogP contribution in [0.2, 0.25) is 0 Å². The number of ether oxygens (including phenoxy) is 2. The maximum atomic E-state index is 6.19. The lowest BCUT2D eigenvalue weighted by Crippen LogP contribution is -2.53. The first-order valence-corrected chi connectivity index (χ1v) is 8.85. The molecule has 3 aliphatic heterocycles. The van der Waals surface area contributed by atoms with Crippen molar-refractivity contribution in [3.05, 3.63) is 0 Å². The molecule has 0 bridgehead atoms. The summed E-state index contributed by atoms with van der Waals surface area (Å²) in [7, 11) is 2.09. The van der Waals surface area contributed by atoms with Crippen molar-refractivity contribution in [1.29, 1.82) is 0 Å². The van der Waals surface area contributed by atoms with Crippen molar-refractivity contribution >= 4 is 0 Å². The Bertz CT molecular complexity index is 317.